The molecule has 1 heterocycles. The predicted molar refractivity (Wildman–Crippen MR) is 69.6 cm³/mol. The van der Waals surface area contributed by atoms with Gasteiger partial charge in [0.1, 0.15) is 0 Å². The van der Waals surface area contributed by atoms with E-state index in [0.717, 1.165) is 30.8 Å². The molecule has 1 amide bonds. The first-order chi connectivity index (χ1) is 8.08. The van der Waals surface area contributed by atoms with Crippen LogP contribution >= 0.6 is 11.6 Å². The summed E-state index contributed by atoms with van der Waals surface area (Å²) in [7, 11) is 0. The molecule has 0 bridgehead atoms. The van der Waals surface area contributed by atoms with Crippen molar-refractivity contribution in [3.8, 4) is 0 Å². The molecule has 1 aliphatic rings. The van der Waals surface area contributed by atoms with Crippen LogP contribution in [0.5, 0.6) is 0 Å². The molecular weight excluding hydrogens is 236 g/mol. The molecular formula is C13H17ClN2O. The summed E-state index contributed by atoms with van der Waals surface area (Å²) in [5.41, 5.74) is 1.69. The van der Waals surface area contributed by atoms with Gasteiger partial charge in [-0.15, -0.1) is 0 Å². The number of hydrogen-bond donors (Lipinski definition) is 1. The molecule has 3 nitrogen and oxygen atoms in total. The third-order valence-electron chi connectivity index (χ3n) is 3.07. The van der Waals surface area contributed by atoms with E-state index in [0.29, 0.717) is 11.1 Å². The highest BCUT2D eigenvalue weighted by Crippen LogP contribution is 2.17. The quantitative estimate of drug-likeness (QED) is 0.830. The normalized spacial score (nSPS) is 20.4. The van der Waals surface area contributed by atoms with E-state index in [2.05, 4.69) is 12.2 Å². The summed E-state index contributed by atoms with van der Waals surface area (Å²) >= 11 is 5.90. The highest BCUT2D eigenvalue weighted by atomic mass is 35.5. The number of benzene rings is 1. The molecule has 0 aromatic heterocycles. The molecule has 0 spiro atoms. The number of amides is 1. The van der Waals surface area contributed by atoms with Crippen LogP contribution in [0.2, 0.25) is 5.02 Å². The van der Waals surface area contributed by atoms with Gasteiger partial charge in [0.05, 0.1) is 0 Å². The average Bonchev–Trinajstić information content (AvgIpc) is 2.28. The van der Waals surface area contributed by atoms with Crippen LogP contribution in [0.25, 0.3) is 0 Å². The van der Waals surface area contributed by atoms with E-state index in [1.165, 1.54) is 0 Å². The minimum atomic E-state index is 0.104. The van der Waals surface area contributed by atoms with Gasteiger partial charge >= 0.3 is 0 Å². The molecule has 17 heavy (non-hydrogen) atoms. The number of rotatable bonds is 1. The van der Waals surface area contributed by atoms with Gasteiger partial charge < -0.3 is 10.2 Å². The molecule has 92 valence electrons. The molecule has 1 aromatic rings. The maximum atomic E-state index is 12.3. The lowest BCUT2D eigenvalue weighted by atomic mass is 10.1. The fraction of sp³-hybridized carbons (Fsp3) is 0.462. The van der Waals surface area contributed by atoms with Crippen molar-refractivity contribution in [1.29, 1.82) is 0 Å². The molecule has 0 saturated carbocycles. The van der Waals surface area contributed by atoms with Gasteiger partial charge in [-0.3, -0.25) is 4.79 Å². The molecule has 0 unspecified atom stereocenters. The molecule has 0 radical (unpaired) electrons. The second kappa shape index (κ2) is 5.07. The molecule has 1 saturated heterocycles. The highest BCUT2D eigenvalue weighted by molar-refractivity contribution is 6.30. The smallest absolute Gasteiger partial charge is 0.254 e. The molecule has 2 rings (SSSR count). The third-order valence-corrected chi connectivity index (χ3v) is 3.31. The van der Waals surface area contributed by atoms with Gasteiger partial charge in [0, 0.05) is 36.3 Å². The number of piperazine rings is 1. The predicted octanol–water partition coefficient (Wildman–Crippen LogP) is 2.08. The largest absolute Gasteiger partial charge is 0.336 e. The second-order valence-electron chi connectivity index (χ2n) is 4.57. The molecule has 4 heteroatoms. The Morgan fingerprint density at radius 1 is 1.53 bits per heavy atom. The summed E-state index contributed by atoms with van der Waals surface area (Å²) in [4.78, 5) is 14.2. The van der Waals surface area contributed by atoms with Gasteiger partial charge in [0.15, 0.2) is 0 Å². The summed E-state index contributed by atoms with van der Waals surface area (Å²) < 4.78 is 0. The van der Waals surface area contributed by atoms with E-state index in [4.69, 9.17) is 11.6 Å². The molecule has 1 fully saturated rings. The van der Waals surface area contributed by atoms with Crippen molar-refractivity contribution in [3.05, 3.63) is 34.3 Å². The van der Waals surface area contributed by atoms with Gasteiger partial charge in [0.2, 0.25) is 0 Å². The molecule has 1 aliphatic heterocycles. The van der Waals surface area contributed by atoms with Crippen LogP contribution in [-0.4, -0.2) is 36.5 Å². The van der Waals surface area contributed by atoms with Crippen LogP contribution < -0.4 is 5.32 Å². The van der Waals surface area contributed by atoms with Crippen molar-refractivity contribution < 1.29 is 4.79 Å². The topological polar surface area (TPSA) is 32.3 Å². The lowest BCUT2D eigenvalue weighted by Crippen LogP contribution is -2.51. The van der Waals surface area contributed by atoms with Gasteiger partial charge in [-0.25, -0.2) is 0 Å². The minimum absolute atomic E-state index is 0.104. The number of nitrogens with one attached hydrogen (secondary N) is 1. The Kier molecular flexibility index (Phi) is 3.69. The van der Waals surface area contributed by atoms with Crippen LogP contribution in [0.4, 0.5) is 0 Å². The van der Waals surface area contributed by atoms with Crippen molar-refractivity contribution in [2.24, 2.45) is 0 Å². The van der Waals surface area contributed by atoms with Crippen LogP contribution in [0, 0.1) is 6.92 Å². The first-order valence-corrected chi connectivity index (χ1v) is 6.24. The van der Waals surface area contributed by atoms with E-state index in [9.17, 15) is 4.79 Å². The summed E-state index contributed by atoms with van der Waals surface area (Å²) in [6.07, 6.45) is 0. The van der Waals surface area contributed by atoms with Crippen molar-refractivity contribution in [2.75, 3.05) is 19.6 Å². The van der Waals surface area contributed by atoms with Gasteiger partial charge in [0.25, 0.3) is 5.91 Å². The lowest BCUT2D eigenvalue weighted by Gasteiger charge is -2.32. The van der Waals surface area contributed by atoms with E-state index < -0.39 is 0 Å². The third kappa shape index (κ3) is 2.79. The fourth-order valence-corrected chi connectivity index (χ4v) is 2.38. The monoisotopic (exact) mass is 252 g/mol. The Morgan fingerprint density at radius 2 is 2.29 bits per heavy atom. The number of carbonyl (C=O) groups excluding carboxylic acids is 1. The summed E-state index contributed by atoms with van der Waals surface area (Å²) in [5, 5.41) is 4.00. The Bertz CT molecular complexity index is 433. The zero-order valence-corrected chi connectivity index (χ0v) is 10.9. The van der Waals surface area contributed by atoms with Crippen LogP contribution in [0.15, 0.2) is 18.2 Å². The van der Waals surface area contributed by atoms with Crippen molar-refractivity contribution in [3.63, 3.8) is 0 Å². The first-order valence-electron chi connectivity index (χ1n) is 5.87. The zero-order chi connectivity index (χ0) is 12.4. The Morgan fingerprint density at radius 3 is 2.94 bits per heavy atom. The molecule has 0 aliphatic carbocycles. The van der Waals surface area contributed by atoms with Gasteiger partial charge in [-0.2, -0.15) is 0 Å². The van der Waals surface area contributed by atoms with Crippen molar-refractivity contribution >= 4 is 17.5 Å². The summed E-state index contributed by atoms with van der Waals surface area (Å²) in [6.45, 7) is 6.41. The zero-order valence-electron chi connectivity index (χ0n) is 10.2. The van der Waals surface area contributed by atoms with Gasteiger partial charge in [-0.1, -0.05) is 11.6 Å². The molecule has 1 atom stereocenters. The standard InChI is InChI=1S/C13H17ClN2O/c1-9-7-11(14)3-4-12(9)13(17)16-6-5-15-10(2)8-16/h3-4,7,10,15H,5-6,8H2,1-2H3/t10-/m0/s1. The maximum absolute atomic E-state index is 12.3. The highest BCUT2D eigenvalue weighted by Gasteiger charge is 2.22. The minimum Gasteiger partial charge on any atom is -0.336 e. The van der Waals surface area contributed by atoms with Crippen molar-refractivity contribution in [1.82, 2.24) is 10.2 Å². The van der Waals surface area contributed by atoms with E-state index >= 15 is 0 Å². The molecule has 1 aromatic carbocycles. The number of halogens is 1. The lowest BCUT2D eigenvalue weighted by molar-refractivity contribution is 0.0708. The Balaban J connectivity index is 2.18. The molecule has 1 N–H and O–H groups in total. The number of carbonyl (C=O) groups is 1. The SMILES string of the molecule is Cc1cc(Cl)ccc1C(=O)N1CCN[C@@H](C)C1. The number of hydrogen-bond acceptors (Lipinski definition) is 2. The number of aryl methyl sites for hydroxylation is 1. The van der Waals surface area contributed by atoms with E-state index in [-0.39, 0.29) is 5.91 Å². The van der Waals surface area contributed by atoms with Crippen LogP contribution in [0.3, 0.4) is 0 Å². The van der Waals surface area contributed by atoms with Crippen molar-refractivity contribution in [2.45, 2.75) is 19.9 Å². The van der Waals surface area contributed by atoms with Crippen LogP contribution in [-0.2, 0) is 0 Å². The Hall–Kier alpha value is -1.06. The average molecular weight is 253 g/mol. The Labute approximate surface area is 107 Å². The summed E-state index contributed by atoms with van der Waals surface area (Å²) in [6, 6.07) is 5.78. The van der Waals surface area contributed by atoms with E-state index in [1.807, 2.05) is 24.0 Å². The van der Waals surface area contributed by atoms with E-state index in [1.54, 1.807) is 6.07 Å². The fourth-order valence-electron chi connectivity index (χ4n) is 2.15. The van der Waals surface area contributed by atoms with Crippen LogP contribution in [0.1, 0.15) is 22.8 Å². The first kappa shape index (κ1) is 12.4. The second-order valence-corrected chi connectivity index (χ2v) is 5.00. The summed E-state index contributed by atoms with van der Waals surface area (Å²) in [5.74, 6) is 0.104. The van der Waals surface area contributed by atoms with Gasteiger partial charge in [-0.05, 0) is 37.6 Å². The number of nitrogens with zero attached hydrogens (tertiary/aromatic N) is 1. The maximum Gasteiger partial charge on any atom is 0.254 e.